The van der Waals surface area contributed by atoms with Gasteiger partial charge in [-0.3, -0.25) is 0 Å². The highest BCUT2D eigenvalue weighted by Crippen LogP contribution is 2.55. The first kappa shape index (κ1) is 17.2. The second kappa shape index (κ2) is 6.91. The average Bonchev–Trinajstić information content (AvgIpc) is 3.50. The van der Waals surface area contributed by atoms with Crippen molar-refractivity contribution in [2.45, 2.75) is 24.4 Å². The SMILES string of the molecule is COC1CN(c2cc([C@H]3C[C@H]3c3cnc(-c4ncccn4)nc3)ccc2F)C1. The van der Waals surface area contributed by atoms with E-state index in [9.17, 15) is 4.39 Å². The van der Waals surface area contributed by atoms with Crippen molar-refractivity contribution < 1.29 is 9.13 Å². The summed E-state index contributed by atoms with van der Waals surface area (Å²) in [7, 11) is 1.70. The first-order valence-electron chi connectivity index (χ1n) is 9.39. The summed E-state index contributed by atoms with van der Waals surface area (Å²) in [4.78, 5) is 19.2. The van der Waals surface area contributed by atoms with Crippen molar-refractivity contribution >= 4 is 5.69 Å². The van der Waals surface area contributed by atoms with E-state index in [0.29, 0.717) is 29.2 Å². The summed E-state index contributed by atoms with van der Waals surface area (Å²) in [5, 5.41) is 0. The van der Waals surface area contributed by atoms with E-state index < -0.39 is 0 Å². The van der Waals surface area contributed by atoms with Gasteiger partial charge < -0.3 is 9.64 Å². The molecule has 1 aliphatic heterocycles. The number of halogens is 1. The topological polar surface area (TPSA) is 64.0 Å². The Bertz CT molecular complexity index is 976. The van der Waals surface area contributed by atoms with Gasteiger partial charge in [-0.2, -0.15) is 0 Å². The summed E-state index contributed by atoms with van der Waals surface area (Å²) in [5.41, 5.74) is 2.93. The van der Waals surface area contributed by atoms with Crippen LogP contribution in [0.3, 0.4) is 0 Å². The third kappa shape index (κ3) is 3.11. The van der Waals surface area contributed by atoms with Crippen LogP contribution in [0.5, 0.6) is 0 Å². The maximum absolute atomic E-state index is 14.3. The number of benzene rings is 1. The van der Waals surface area contributed by atoms with Crippen LogP contribution in [0.1, 0.15) is 29.4 Å². The lowest BCUT2D eigenvalue weighted by molar-refractivity contribution is 0.0784. The summed E-state index contributed by atoms with van der Waals surface area (Å²) in [6.07, 6.45) is 8.28. The standard InChI is InChI=1S/C21H20FN5O/c1-28-15-11-27(12-15)19-7-13(3-4-18(19)22)16-8-17(16)14-9-25-21(26-10-14)20-23-5-2-6-24-20/h2-7,9-10,15-17H,8,11-12H2,1H3/t16-,17+/m1/s1. The Hall–Kier alpha value is -2.93. The van der Waals surface area contributed by atoms with E-state index in [4.69, 9.17) is 4.74 Å². The van der Waals surface area contributed by atoms with Crippen LogP contribution >= 0.6 is 0 Å². The molecule has 0 bridgehead atoms. The number of aromatic nitrogens is 4. The lowest BCUT2D eigenvalue weighted by Crippen LogP contribution is -2.52. The molecule has 0 N–H and O–H groups in total. The maximum atomic E-state index is 14.3. The zero-order chi connectivity index (χ0) is 19.1. The number of hydrogen-bond acceptors (Lipinski definition) is 6. The Balaban J connectivity index is 1.31. The molecular formula is C21H20FN5O. The Labute approximate surface area is 162 Å². The molecular weight excluding hydrogens is 357 g/mol. The first-order valence-corrected chi connectivity index (χ1v) is 9.39. The highest BCUT2D eigenvalue weighted by atomic mass is 19.1. The summed E-state index contributed by atoms with van der Waals surface area (Å²) in [5.74, 6) is 1.61. The minimum atomic E-state index is -0.175. The van der Waals surface area contributed by atoms with Crippen LogP contribution < -0.4 is 4.90 Å². The minimum absolute atomic E-state index is 0.175. The van der Waals surface area contributed by atoms with E-state index in [2.05, 4.69) is 19.9 Å². The van der Waals surface area contributed by atoms with Gasteiger partial charge in [0, 0.05) is 45.0 Å². The molecule has 2 aromatic heterocycles. The van der Waals surface area contributed by atoms with E-state index >= 15 is 0 Å². The fraction of sp³-hybridized carbons (Fsp3) is 0.333. The predicted octanol–water partition coefficient (Wildman–Crippen LogP) is 3.18. The smallest absolute Gasteiger partial charge is 0.197 e. The second-order valence-corrected chi connectivity index (χ2v) is 7.33. The van der Waals surface area contributed by atoms with Crippen LogP contribution in [0.2, 0.25) is 0 Å². The van der Waals surface area contributed by atoms with Gasteiger partial charge in [-0.1, -0.05) is 6.07 Å². The van der Waals surface area contributed by atoms with Crippen LogP contribution in [-0.2, 0) is 4.74 Å². The molecule has 5 rings (SSSR count). The van der Waals surface area contributed by atoms with Gasteiger partial charge in [0.25, 0.3) is 0 Å². The molecule has 6 nitrogen and oxygen atoms in total. The molecule has 1 aliphatic carbocycles. The fourth-order valence-corrected chi connectivity index (χ4v) is 3.78. The molecule has 0 unspecified atom stereocenters. The number of hydrogen-bond donors (Lipinski definition) is 0. The van der Waals surface area contributed by atoms with Crippen molar-refractivity contribution in [1.82, 2.24) is 19.9 Å². The average molecular weight is 377 g/mol. The van der Waals surface area contributed by atoms with Gasteiger partial charge in [-0.05, 0) is 47.6 Å². The van der Waals surface area contributed by atoms with E-state index in [1.54, 1.807) is 31.6 Å². The third-order valence-corrected chi connectivity index (χ3v) is 5.58. The van der Waals surface area contributed by atoms with Crippen LogP contribution in [0, 0.1) is 5.82 Å². The molecule has 0 radical (unpaired) electrons. The van der Waals surface area contributed by atoms with Crippen molar-refractivity contribution in [3.63, 3.8) is 0 Å². The largest absolute Gasteiger partial charge is 0.378 e. The molecule has 7 heteroatoms. The van der Waals surface area contributed by atoms with Gasteiger partial charge in [0.05, 0.1) is 11.8 Å². The number of ether oxygens (including phenoxy) is 1. The number of nitrogens with zero attached hydrogens (tertiary/aromatic N) is 5. The van der Waals surface area contributed by atoms with Crippen LogP contribution in [0.15, 0.2) is 49.1 Å². The molecule has 0 spiro atoms. The molecule has 1 saturated carbocycles. The Kier molecular flexibility index (Phi) is 4.24. The lowest BCUT2D eigenvalue weighted by Gasteiger charge is -2.40. The zero-order valence-electron chi connectivity index (χ0n) is 15.5. The fourth-order valence-electron chi connectivity index (χ4n) is 3.78. The van der Waals surface area contributed by atoms with Crippen molar-refractivity contribution in [2.75, 3.05) is 25.1 Å². The first-order chi connectivity index (χ1) is 13.7. The Morgan fingerprint density at radius 2 is 1.64 bits per heavy atom. The Morgan fingerprint density at radius 1 is 0.964 bits per heavy atom. The van der Waals surface area contributed by atoms with Gasteiger partial charge in [-0.15, -0.1) is 0 Å². The monoisotopic (exact) mass is 377 g/mol. The highest BCUT2D eigenvalue weighted by Gasteiger charge is 2.40. The molecule has 2 fully saturated rings. The van der Waals surface area contributed by atoms with E-state index in [1.165, 1.54) is 0 Å². The molecule has 2 atom stereocenters. The summed E-state index contributed by atoms with van der Waals surface area (Å²) in [6.45, 7) is 1.48. The molecule has 3 heterocycles. The predicted molar refractivity (Wildman–Crippen MR) is 103 cm³/mol. The molecule has 1 aromatic carbocycles. The number of rotatable bonds is 5. The molecule has 3 aromatic rings. The van der Waals surface area contributed by atoms with Gasteiger partial charge in [0.15, 0.2) is 11.6 Å². The summed E-state index contributed by atoms with van der Waals surface area (Å²) in [6, 6.07) is 7.22. The molecule has 2 aliphatic rings. The number of anilines is 1. The van der Waals surface area contributed by atoms with Crippen molar-refractivity contribution in [1.29, 1.82) is 0 Å². The van der Waals surface area contributed by atoms with Crippen LogP contribution in [0.4, 0.5) is 10.1 Å². The molecule has 142 valence electrons. The quantitative estimate of drug-likeness (QED) is 0.681. The normalized spacial score (nSPS) is 21.4. The van der Waals surface area contributed by atoms with Gasteiger partial charge >= 0.3 is 0 Å². The van der Waals surface area contributed by atoms with Gasteiger partial charge in [-0.25, -0.2) is 24.3 Å². The van der Waals surface area contributed by atoms with E-state index in [1.807, 2.05) is 29.4 Å². The molecule has 1 saturated heterocycles. The zero-order valence-corrected chi connectivity index (χ0v) is 15.5. The third-order valence-electron chi connectivity index (χ3n) is 5.58. The van der Waals surface area contributed by atoms with Crippen molar-refractivity contribution in [2.24, 2.45) is 0 Å². The summed E-state index contributed by atoms with van der Waals surface area (Å²) >= 11 is 0. The second-order valence-electron chi connectivity index (χ2n) is 7.33. The van der Waals surface area contributed by atoms with Gasteiger partial charge in [0.1, 0.15) is 5.82 Å². The molecule has 0 amide bonds. The number of methoxy groups -OCH3 is 1. The summed E-state index contributed by atoms with van der Waals surface area (Å²) < 4.78 is 19.6. The molecule has 28 heavy (non-hydrogen) atoms. The van der Waals surface area contributed by atoms with Crippen molar-refractivity contribution in [3.8, 4) is 11.6 Å². The van der Waals surface area contributed by atoms with Crippen LogP contribution in [-0.4, -0.2) is 46.2 Å². The lowest BCUT2D eigenvalue weighted by atomic mass is 10.0. The van der Waals surface area contributed by atoms with E-state index in [-0.39, 0.29) is 11.9 Å². The highest BCUT2D eigenvalue weighted by molar-refractivity contribution is 5.54. The Morgan fingerprint density at radius 3 is 2.36 bits per heavy atom. The minimum Gasteiger partial charge on any atom is -0.378 e. The van der Waals surface area contributed by atoms with Crippen LogP contribution in [0.25, 0.3) is 11.6 Å². The van der Waals surface area contributed by atoms with Gasteiger partial charge in [0.2, 0.25) is 0 Å². The van der Waals surface area contributed by atoms with E-state index in [0.717, 1.165) is 30.6 Å². The van der Waals surface area contributed by atoms with Crippen molar-refractivity contribution in [3.05, 3.63) is 66.0 Å². The maximum Gasteiger partial charge on any atom is 0.197 e.